The molecule has 0 aromatic heterocycles. The van der Waals surface area contributed by atoms with Gasteiger partial charge < -0.3 is 5.32 Å². The Balaban J connectivity index is 1.73. The molecule has 0 bridgehead atoms. The van der Waals surface area contributed by atoms with Crippen LogP contribution in [0.2, 0.25) is 0 Å². The number of hydrazone groups is 1. The first-order valence-electron chi connectivity index (χ1n) is 7.40. The number of nitrogens with one attached hydrogen (secondary N) is 2. The van der Waals surface area contributed by atoms with E-state index in [-0.39, 0.29) is 5.92 Å². The van der Waals surface area contributed by atoms with Crippen LogP contribution in [0.3, 0.4) is 0 Å². The Hall–Kier alpha value is -1.42. The highest BCUT2D eigenvalue weighted by Gasteiger charge is 2.13. The minimum Gasteiger partial charge on any atom is -0.359 e. The lowest BCUT2D eigenvalue weighted by Crippen LogP contribution is -2.40. The van der Waals surface area contributed by atoms with Crippen molar-refractivity contribution in [1.82, 2.24) is 10.7 Å². The number of hydrogen-bond acceptors (Lipinski definition) is 2. The predicted octanol–water partition coefficient (Wildman–Crippen LogP) is 3.57. The van der Waals surface area contributed by atoms with Crippen molar-refractivity contribution in [1.29, 1.82) is 0 Å². The third-order valence-corrected chi connectivity index (χ3v) is 3.94. The Labute approximate surface area is 126 Å². The van der Waals surface area contributed by atoms with E-state index in [2.05, 4.69) is 34.9 Å². The summed E-state index contributed by atoms with van der Waals surface area (Å²) in [5.41, 5.74) is 4.17. The maximum Gasteiger partial charge on any atom is 0.187 e. The van der Waals surface area contributed by atoms with Crippen LogP contribution in [-0.4, -0.2) is 17.4 Å². The minimum absolute atomic E-state index is 0.279. The molecule has 1 aliphatic carbocycles. The Morgan fingerprint density at radius 3 is 2.65 bits per heavy atom. The molecule has 1 aliphatic rings. The first-order valence-corrected chi connectivity index (χ1v) is 7.81. The van der Waals surface area contributed by atoms with E-state index >= 15 is 0 Å². The number of thiocarbonyl (C=S) groups is 1. The fourth-order valence-corrected chi connectivity index (χ4v) is 2.73. The third-order valence-electron chi connectivity index (χ3n) is 3.73. The zero-order chi connectivity index (χ0) is 14.2. The SMILES string of the molecule is C[C@@H](/C=N\NC(=S)NC1CCCCC1)c1ccccc1. The average molecular weight is 289 g/mol. The summed E-state index contributed by atoms with van der Waals surface area (Å²) in [6, 6.07) is 10.8. The van der Waals surface area contributed by atoms with E-state index < -0.39 is 0 Å². The summed E-state index contributed by atoms with van der Waals surface area (Å²) in [5, 5.41) is 8.21. The van der Waals surface area contributed by atoms with Crippen molar-refractivity contribution in [2.24, 2.45) is 5.10 Å². The number of rotatable bonds is 4. The van der Waals surface area contributed by atoms with Gasteiger partial charge in [0.25, 0.3) is 0 Å². The molecule has 0 radical (unpaired) electrons. The molecule has 2 N–H and O–H groups in total. The first-order chi connectivity index (χ1) is 9.75. The second-order valence-corrected chi connectivity index (χ2v) is 5.81. The summed E-state index contributed by atoms with van der Waals surface area (Å²) in [7, 11) is 0. The van der Waals surface area contributed by atoms with Gasteiger partial charge >= 0.3 is 0 Å². The molecule has 1 aromatic carbocycles. The van der Waals surface area contributed by atoms with Crippen LogP contribution < -0.4 is 10.7 Å². The van der Waals surface area contributed by atoms with Crippen molar-refractivity contribution >= 4 is 23.5 Å². The molecule has 1 saturated carbocycles. The van der Waals surface area contributed by atoms with Gasteiger partial charge in [-0.05, 0) is 30.6 Å². The fourth-order valence-electron chi connectivity index (χ4n) is 2.51. The average Bonchev–Trinajstić information content (AvgIpc) is 2.49. The van der Waals surface area contributed by atoms with Gasteiger partial charge in [-0.15, -0.1) is 0 Å². The van der Waals surface area contributed by atoms with Crippen LogP contribution in [0, 0.1) is 0 Å². The Morgan fingerprint density at radius 2 is 1.95 bits per heavy atom. The van der Waals surface area contributed by atoms with Gasteiger partial charge in [0.2, 0.25) is 0 Å². The van der Waals surface area contributed by atoms with E-state index in [1.165, 1.54) is 37.7 Å². The number of nitrogens with zero attached hydrogens (tertiary/aromatic N) is 1. The fraction of sp³-hybridized carbons (Fsp3) is 0.500. The molecule has 0 amide bonds. The molecule has 108 valence electrons. The largest absolute Gasteiger partial charge is 0.359 e. The van der Waals surface area contributed by atoms with E-state index in [0.717, 1.165) is 0 Å². The van der Waals surface area contributed by atoms with Crippen molar-refractivity contribution in [3.8, 4) is 0 Å². The summed E-state index contributed by atoms with van der Waals surface area (Å²) in [6.45, 7) is 2.12. The number of hydrogen-bond donors (Lipinski definition) is 2. The zero-order valence-electron chi connectivity index (χ0n) is 12.0. The van der Waals surface area contributed by atoms with Crippen LogP contribution in [0.5, 0.6) is 0 Å². The molecule has 1 atom stereocenters. The second-order valence-electron chi connectivity index (χ2n) is 5.40. The van der Waals surface area contributed by atoms with Crippen LogP contribution in [0.4, 0.5) is 0 Å². The molecule has 0 aliphatic heterocycles. The van der Waals surface area contributed by atoms with Gasteiger partial charge in [-0.2, -0.15) is 5.10 Å². The number of benzene rings is 1. The highest BCUT2D eigenvalue weighted by molar-refractivity contribution is 7.80. The highest BCUT2D eigenvalue weighted by Crippen LogP contribution is 2.17. The Morgan fingerprint density at radius 1 is 1.25 bits per heavy atom. The first kappa shape index (κ1) is 15.0. The standard InChI is InChI=1S/C16H23N3S/c1-13(14-8-4-2-5-9-14)12-17-19-16(20)18-15-10-6-3-7-11-15/h2,4-5,8-9,12-13,15H,3,6-7,10-11H2,1H3,(H2,18,19,20)/b17-12-/t13-/m0/s1. The molecule has 0 heterocycles. The molecule has 4 heteroatoms. The summed E-state index contributed by atoms with van der Waals surface area (Å²) < 4.78 is 0. The van der Waals surface area contributed by atoms with Crippen LogP contribution in [0.25, 0.3) is 0 Å². The van der Waals surface area contributed by atoms with Crippen molar-refractivity contribution < 1.29 is 0 Å². The van der Waals surface area contributed by atoms with E-state index in [4.69, 9.17) is 12.2 Å². The quantitative estimate of drug-likeness (QED) is 0.505. The lowest BCUT2D eigenvalue weighted by Gasteiger charge is -2.23. The Bertz CT molecular complexity index is 438. The predicted molar refractivity (Wildman–Crippen MR) is 89.1 cm³/mol. The highest BCUT2D eigenvalue weighted by atomic mass is 32.1. The topological polar surface area (TPSA) is 36.4 Å². The lowest BCUT2D eigenvalue weighted by atomic mass is 9.96. The van der Waals surface area contributed by atoms with Gasteiger partial charge in [-0.25, -0.2) is 0 Å². The molecule has 2 rings (SSSR count). The molecular formula is C16H23N3S. The summed E-state index contributed by atoms with van der Waals surface area (Å²) in [6.07, 6.45) is 8.27. The van der Waals surface area contributed by atoms with Gasteiger partial charge in [0, 0.05) is 18.2 Å². The van der Waals surface area contributed by atoms with Gasteiger partial charge in [-0.1, -0.05) is 56.5 Å². The second kappa shape index (κ2) is 8.00. The molecule has 3 nitrogen and oxygen atoms in total. The van der Waals surface area contributed by atoms with E-state index in [1.807, 2.05) is 24.4 Å². The molecule has 0 saturated heterocycles. The van der Waals surface area contributed by atoms with Crippen LogP contribution in [-0.2, 0) is 0 Å². The molecule has 1 fully saturated rings. The molecule has 1 aromatic rings. The van der Waals surface area contributed by atoms with Crippen molar-refractivity contribution in [2.75, 3.05) is 0 Å². The smallest absolute Gasteiger partial charge is 0.187 e. The lowest BCUT2D eigenvalue weighted by molar-refractivity contribution is 0.412. The van der Waals surface area contributed by atoms with Gasteiger partial charge in [0.15, 0.2) is 5.11 Å². The molecular weight excluding hydrogens is 266 g/mol. The van der Waals surface area contributed by atoms with Crippen LogP contribution in [0.1, 0.15) is 50.5 Å². The summed E-state index contributed by atoms with van der Waals surface area (Å²) >= 11 is 5.27. The van der Waals surface area contributed by atoms with Crippen LogP contribution in [0.15, 0.2) is 35.4 Å². The van der Waals surface area contributed by atoms with Gasteiger partial charge in [-0.3, -0.25) is 5.43 Å². The normalized spacial score (nSPS) is 17.9. The molecule has 0 unspecified atom stereocenters. The Kier molecular flexibility index (Phi) is 5.99. The van der Waals surface area contributed by atoms with Gasteiger partial charge in [0.05, 0.1) is 0 Å². The van der Waals surface area contributed by atoms with Crippen LogP contribution >= 0.6 is 12.2 Å². The van der Waals surface area contributed by atoms with Crippen molar-refractivity contribution in [3.63, 3.8) is 0 Å². The van der Waals surface area contributed by atoms with Gasteiger partial charge in [0.1, 0.15) is 0 Å². The van der Waals surface area contributed by atoms with Crippen molar-refractivity contribution in [2.45, 2.75) is 51.0 Å². The summed E-state index contributed by atoms with van der Waals surface area (Å²) in [4.78, 5) is 0. The third kappa shape index (κ3) is 4.93. The molecule has 20 heavy (non-hydrogen) atoms. The zero-order valence-corrected chi connectivity index (χ0v) is 12.8. The maximum absolute atomic E-state index is 5.27. The minimum atomic E-state index is 0.279. The monoisotopic (exact) mass is 289 g/mol. The maximum atomic E-state index is 5.27. The van der Waals surface area contributed by atoms with Crippen molar-refractivity contribution in [3.05, 3.63) is 35.9 Å². The van der Waals surface area contributed by atoms with E-state index in [1.54, 1.807) is 0 Å². The van der Waals surface area contributed by atoms with E-state index in [0.29, 0.717) is 11.2 Å². The summed E-state index contributed by atoms with van der Waals surface area (Å²) in [5.74, 6) is 0.279. The molecule has 0 spiro atoms. The van der Waals surface area contributed by atoms with E-state index in [9.17, 15) is 0 Å².